The maximum absolute atomic E-state index is 3.64. The fraction of sp³-hybridized carbons (Fsp3) is 0.625. The zero-order chi connectivity index (χ0) is 12.5. The van der Waals surface area contributed by atoms with E-state index in [9.17, 15) is 0 Å². The largest absolute Gasteiger partial charge is 0.368 e. The molecule has 2 heteroatoms. The number of rotatable bonds is 4. The molecular weight excluding hydrogens is 220 g/mol. The Labute approximate surface area is 110 Å². The van der Waals surface area contributed by atoms with Gasteiger partial charge in [0.15, 0.2) is 0 Å². The predicted octanol–water partition coefficient (Wildman–Crippen LogP) is 3.17. The molecule has 1 saturated carbocycles. The second-order valence-corrected chi connectivity index (χ2v) is 6.13. The van der Waals surface area contributed by atoms with Crippen molar-refractivity contribution in [1.29, 1.82) is 0 Å². The third kappa shape index (κ3) is 2.54. The molecule has 1 N–H and O–H groups in total. The monoisotopic (exact) mass is 244 g/mol. The van der Waals surface area contributed by atoms with E-state index in [-0.39, 0.29) is 0 Å². The summed E-state index contributed by atoms with van der Waals surface area (Å²) < 4.78 is 0. The molecule has 0 bridgehead atoms. The zero-order valence-electron chi connectivity index (χ0n) is 11.5. The zero-order valence-corrected chi connectivity index (χ0v) is 11.5. The molecule has 18 heavy (non-hydrogen) atoms. The Kier molecular flexibility index (Phi) is 3.29. The van der Waals surface area contributed by atoms with Gasteiger partial charge in [0.2, 0.25) is 0 Å². The molecule has 0 radical (unpaired) electrons. The molecule has 2 unspecified atom stereocenters. The molecule has 0 spiro atoms. The van der Waals surface area contributed by atoms with Gasteiger partial charge < -0.3 is 10.2 Å². The van der Waals surface area contributed by atoms with E-state index in [1.54, 1.807) is 0 Å². The van der Waals surface area contributed by atoms with Gasteiger partial charge in [0.25, 0.3) is 0 Å². The normalized spacial score (nSPS) is 27.8. The van der Waals surface area contributed by atoms with E-state index in [2.05, 4.69) is 48.3 Å². The first-order valence-electron chi connectivity index (χ1n) is 7.32. The Morgan fingerprint density at radius 3 is 2.67 bits per heavy atom. The van der Waals surface area contributed by atoms with Crippen LogP contribution in [0.4, 0.5) is 5.69 Å². The van der Waals surface area contributed by atoms with Crippen molar-refractivity contribution in [3.63, 3.8) is 0 Å². The molecule has 1 aromatic carbocycles. The Hall–Kier alpha value is -1.02. The molecule has 2 aliphatic rings. The summed E-state index contributed by atoms with van der Waals surface area (Å²) in [5.74, 6) is 0.824. The summed E-state index contributed by atoms with van der Waals surface area (Å²) in [6, 6.07) is 10.4. The standard InChI is InChI=1S/C16H24N2/c1-12-9-13(2)18(11-12)16-6-4-3-5-14(16)10-17-15-7-8-15/h3-6,12-13,15,17H,7-11H2,1-2H3. The minimum absolute atomic E-state index is 0.682. The van der Waals surface area contributed by atoms with Crippen LogP contribution in [0.2, 0.25) is 0 Å². The predicted molar refractivity (Wildman–Crippen MR) is 76.9 cm³/mol. The van der Waals surface area contributed by atoms with E-state index in [0.717, 1.165) is 18.5 Å². The molecule has 1 aliphatic carbocycles. The van der Waals surface area contributed by atoms with Crippen molar-refractivity contribution in [2.75, 3.05) is 11.4 Å². The van der Waals surface area contributed by atoms with Crippen LogP contribution >= 0.6 is 0 Å². The molecule has 1 saturated heterocycles. The second-order valence-electron chi connectivity index (χ2n) is 6.13. The minimum atomic E-state index is 0.682. The fourth-order valence-electron chi connectivity index (χ4n) is 3.12. The number of para-hydroxylation sites is 1. The van der Waals surface area contributed by atoms with Crippen LogP contribution in [0.5, 0.6) is 0 Å². The highest BCUT2D eigenvalue weighted by Gasteiger charge is 2.28. The lowest BCUT2D eigenvalue weighted by Gasteiger charge is -2.26. The molecule has 2 nitrogen and oxygen atoms in total. The molecular formula is C16H24N2. The van der Waals surface area contributed by atoms with Crippen LogP contribution in [0, 0.1) is 5.92 Å². The summed E-state index contributed by atoms with van der Waals surface area (Å²) in [6.45, 7) is 6.95. The average Bonchev–Trinajstić information content (AvgIpc) is 3.12. The van der Waals surface area contributed by atoms with Gasteiger partial charge in [-0.1, -0.05) is 25.1 Å². The van der Waals surface area contributed by atoms with Crippen LogP contribution < -0.4 is 10.2 Å². The van der Waals surface area contributed by atoms with E-state index < -0.39 is 0 Å². The fourth-order valence-corrected chi connectivity index (χ4v) is 3.12. The molecule has 2 fully saturated rings. The van der Waals surface area contributed by atoms with Crippen LogP contribution in [0.25, 0.3) is 0 Å². The third-order valence-electron chi connectivity index (χ3n) is 4.24. The van der Waals surface area contributed by atoms with Crippen molar-refractivity contribution in [2.24, 2.45) is 5.92 Å². The van der Waals surface area contributed by atoms with Gasteiger partial charge in [-0.3, -0.25) is 0 Å². The van der Waals surface area contributed by atoms with Gasteiger partial charge in [-0.25, -0.2) is 0 Å². The molecule has 1 aromatic rings. The van der Waals surface area contributed by atoms with Crippen LogP contribution in [0.1, 0.15) is 38.7 Å². The smallest absolute Gasteiger partial charge is 0.0414 e. The van der Waals surface area contributed by atoms with Gasteiger partial charge in [0.05, 0.1) is 0 Å². The molecule has 2 atom stereocenters. The molecule has 3 rings (SSSR count). The average molecular weight is 244 g/mol. The highest BCUT2D eigenvalue weighted by atomic mass is 15.2. The maximum Gasteiger partial charge on any atom is 0.0414 e. The van der Waals surface area contributed by atoms with Crippen LogP contribution in [0.3, 0.4) is 0 Å². The Bertz CT molecular complexity index is 411. The van der Waals surface area contributed by atoms with E-state index in [4.69, 9.17) is 0 Å². The first-order valence-corrected chi connectivity index (χ1v) is 7.32. The van der Waals surface area contributed by atoms with Crippen LogP contribution in [-0.2, 0) is 6.54 Å². The van der Waals surface area contributed by atoms with Crippen LogP contribution in [0.15, 0.2) is 24.3 Å². The first kappa shape index (κ1) is 12.0. The number of nitrogens with zero attached hydrogens (tertiary/aromatic N) is 1. The number of hydrogen-bond acceptors (Lipinski definition) is 2. The lowest BCUT2D eigenvalue weighted by atomic mass is 10.1. The molecule has 1 aliphatic heterocycles. The summed E-state index contributed by atoms with van der Waals surface area (Å²) in [7, 11) is 0. The van der Waals surface area contributed by atoms with E-state index in [1.165, 1.54) is 37.1 Å². The van der Waals surface area contributed by atoms with Gasteiger partial charge in [-0.2, -0.15) is 0 Å². The molecule has 0 aromatic heterocycles. The summed E-state index contributed by atoms with van der Waals surface area (Å²) in [6.07, 6.45) is 4.04. The number of hydrogen-bond donors (Lipinski definition) is 1. The second kappa shape index (κ2) is 4.93. The van der Waals surface area contributed by atoms with Gasteiger partial charge >= 0.3 is 0 Å². The summed E-state index contributed by atoms with van der Waals surface area (Å²) >= 11 is 0. The van der Waals surface area contributed by atoms with Gasteiger partial charge in [-0.05, 0) is 43.7 Å². The summed E-state index contributed by atoms with van der Waals surface area (Å²) in [5, 5.41) is 3.64. The van der Waals surface area contributed by atoms with Crippen molar-refractivity contribution in [1.82, 2.24) is 5.32 Å². The van der Waals surface area contributed by atoms with Gasteiger partial charge in [0.1, 0.15) is 0 Å². The Morgan fingerprint density at radius 2 is 2.00 bits per heavy atom. The quantitative estimate of drug-likeness (QED) is 0.875. The molecule has 0 amide bonds. The lowest BCUT2D eigenvalue weighted by Crippen LogP contribution is -2.28. The Morgan fingerprint density at radius 1 is 1.22 bits per heavy atom. The van der Waals surface area contributed by atoms with Crippen molar-refractivity contribution in [3.05, 3.63) is 29.8 Å². The summed E-state index contributed by atoms with van der Waals surface area (Å²) in [4.78, 5) is 2.59. The minimum Gasteiger partial charge on any atom is -0.368 e. The number of anilines is 1. The highest BCUT2D eigenvalue weighted by Crippen LogP contribution is 2.31. The number of nitrogens with one attached hydrogen (secondary N) is 1. The topological polar surface area (TPSA) is 15.3 Å². The van der Waals surface area contributed by atoms with E-state index in [0.29, 0.717) is 6.04 Å². The maximum atomic E-state index is 3.64. The van der Waals surface area contributed by atoms with Crippen LogP contribution in [-0.4, -0.2) is 18.6 Å². The van der Waals surface area contributed by atoms with Gasteiger partial charge in [-0.15, -0.1) is 0 Å². The van der Waals surface area contributed by atoms with E-state index in [1.807, 2.05) is 0 Å². The van der Waals surface area contributed by atoms with Crippen molar-refractivity contribution >= 4 is 5.69 Å². The number of benzene rings is 1. The summed E-state index contributed by atoms with van der Waals surface area (Å²) in [5.41, 5.74) is 2.91. The van der Waals surface area contributed by atoms with Crippen molar-refractivity contribution < 1.29 is 0 Å². The SMILES string of the molecule is CC1CC(C)N(c2ccccc2CNC2CC2)C1. The molecule has 98 valence electrons. The van der Waals surface area contributed by atoms with Crippen molar-refractivity contribution in [3.8, 4) is 0 Å². The first-order chi connectivity index (χ1) is 8.74. The third-order valence-corrected chi connectivity index (χ3v) is 4.24. The van der Waals surface area contributed by atoms with Crippen molar-refractivity contribution in [2.45, 2.75) is 51.7 Å². The lowest BCUT2D eigenvalue weighted by molar-refractivity contribution is 0.625. The van der Waals surface area contributed by atoms with E-state index >= 15 is 0 Å². The Balaban J connectivity index is 1.77. The van der Waals surface area contributed by atoms with Gasteiger partial charge in [0, 0.05) is 30.9 Å². The molecule has 1 heterocycles. The highest BCUT2D eigenvalue weighted by molar-refractivity contribution is 5.55.